The summed E-state index contributed by atoms with van der Waals surface area (Å²) >= 11 is 0. The molecule has 4 atom stereocenters. The number of aliphatic hydroxyl groups is 1. The van der Waals surface area contributed by atoms with Gasteiger partial charge < -0.3 is 19.5 Å². The third-order valence-electron chi connectivity index (χ3n) is 5.34. The van der Waals surface area contributed by atoms with Gasteiger partial charge in [-0.15, -0.1) is 0 Å². The molecule has 0 radical (unpaired) electrons. The van der Waals surface area contributed by atoms with Crippen LogP contribution < -0.4 is 9.47 Å². The van der Waals surface area contributed by atoms with Gasteiger partial charge in [0.15, 0.2) is 23.4 Å². The van der Waals surface area contributed by atoms with Gasteiger partial charge in [0, 0.05) is 27.6 Å². The molecule has 0 amide bonds. The first kappa shape index (κ1) is 6.05. The van der Waals surface area contributed by atoms with Crippen molar-refractivity contribution in [2.75, 3.05) is 20.6 Å². The average Bonchev–Trinajstić information content (AvgIpc) is 2.94. The molecule has 4 aliphatic rings. The molecule has 1 N–H and O–H groups in total. The summed E-state index contributed by atoms with van der Waals surface area (Å²) in [5.74, 6) is -3.04. The van der Waals surface area contributed by atoms with Crippen LogP contribution in [0.5, 0.6) is 11.5 Å². The zero-order valence-corrected chi connectivity index (χ0v) is 11.8. The maximum absolute atomic E-state index is 13.4. The van der Waals surface area contributed by atoms with Crippen molar-refractivity contribution in [1.29, 1.82) is 0 Å². The molecule has 23 heavy (non-hydrogen) atoms. The maximum atomic E-state index is 13.4. The van der Waals surface area contributed by atoms with Gasteiger partial charge in [-0.25, -0.2) is 0 Å². The number of benzene rings is 1. The summed E-state index contributed by atoms with van der Waals surface area (Å²) in [7, 11) is -3.19. The number of nitrogens with zero attached hydrogens (tertiary/aromatic N) is 1. The van der Waals surface area contributed by atoms with E-state index in [9.17, 15) is 9.90 Å². The summed E-state index contributed by atoms with van der Waals surface area (Å²) in [6.07, 6.45) is -10.5. The fourth-order valence-corrected chi connectivity index (χ4v) is 4.35. The molecule has 5 heteroatoms. The molecule has 1 saturated carbocycles. The largest absolute Gasteiger partial charge is 0.493 e. The minimum Gasteiger partial charge on any atom is -0.493 e. The van der Waals surface area contributed by atoms with Crippen LogP contribution in [0.4, 0.5) is 0 Å². The Morgan fingerprint density at radius 3 is 3.35 bits per heavy atom. The van der Waals surface area contributed by atoms with Crippen molar-refractivity contribution in [2.45, 2.75) is 48.7 Å². The highest BCUT2D eigenvalue weighted by molar-refractivity contribution is 5.90. The highest BCUT2D eigenvalue weighted by atomic mass is 16.5. The first-order valence-corrected chi connectivity index (χ1v) is 7.18. The summed E-state index contributed by atoms with van der Waals surface area (Å²) in [5, 5.41) is 12.2. The van der Waals surface area contributed by atoms with Crippen molar-refractivity contribution in [3.63, 3.8) is 0 Å². The number of carbonyl (C=O) groups excluding carboxylic acids is 1. The van der Waals surface area contributed by atoms with Gasteiger partial charge >= 0.3 is 0 Å². The molecular weight excluding hydrogens is 294 g/mol. The molecule has 2 bridgehead atoms. The lowest BCUT2D eigenvalue weighted by atomic mass is 9.49. The van der Waals surface area contributed by atoms with E-state index in [-0.39, 0.29) is 0 Å². The normalized spacial score (nSPS) is 57.5. The smallest absolute Gasteiger partial charge is 0.174 e. The van der Waals surface area contributed by atoms with Gasteiger partial charge in [0.2, 0.25) is 0 Å². The van der Waals surface area contributed by atoms with E-state index >= 15 is 0 Å². The van der Waals surface area contributed by atoms with Crippen LogP contribution in [0.3, 0.4) is 0 Å². The topological polar surface area (TPSA) is 59.0 Å². The summed E-state index contributed by atoms with van der Waals surface area (Å²) in [6, 6.07) is -3.90. The quantitative estimate of drug-likeness (QED) is 0.835. The van der Waals surface area contributed by atoms with E-state index in [0.29, 0.717) is 4.90 Å². The number of likely N-dealkylation sites (tertiary alicyclic amines) is 1. The van der Waals surface area contributed by atoms with Gasteiger partial charge in [0.25, 0.3) is 0 Å². The lowest BCUT2D eigenvalue weighted by Crippen LogP contribution is -2.76. The number of ether oxygens (including phenoxy) is 2. The van der Waals surface area contributed by atoms with Crippen LogP contribution in [-0.4, -0.2) is 54.1 Å². The van der Waals surface area contributed by atoms with E-state index in [4.69, 9.17) is 27.3 Å². The Hall–Kier alpha value is -1.59. The van der Waals surface area contributed by atoms with Crippen molar-refractivity contribution in [1.82, 2.24) is 4.90 Å². The predicted molar refractivity (Wildman–Crippen MR) is 83.0 cm³/mol. The monoisotopic (exact) mass is 328 g/mol. The van der Waals surface area contributed by atoms with E-state index < -0.39 is 110 Å². The number of hydrogen-bond donors (Lipinski definition) is 1. The molecule has 2 heterocycles. The van der Waals surface area contributed by atoms with Crippen LogP contribution in [0.2, 0.25) is 0 Å². The zero-order valence-electron chi connectivity index (χ0n) is 24.8. The molecule has 2 fully saturated rings. The van der Waals surface area contributed by atoms with Crippen LogP contribution in [0.1, 0.15) is 48.2 Å². The second-order valence-electron chi connectivity index (χ2n) is 6.19. The Balaban J connectivity index is 1.98. The molecule has 1 unspecified atom stereocenters. The second-order valence-corrected chi connectivity index (χ2v) is 6.19. The molecule has 2 aliphatic carbocycles. The molecule has 5 rings (SSSR count). The molecule has 1 spiro atoms. The minimum atomic E-state index is -3.19. The number of rotatable bonds is 1. The SMILES string of the molecule is [2H]c1c([2H])c2c3c(c1OC([2H])([2H])[2H])OC1([2H])C(=O)C([2H])([2H])C[C@@]4(O)[C@H](N(C([2H])([2H])[2H])CC[C@]314)C2([2H])[2H]. The highest BCUT2D eigenvalue weighted by Gasteiger charge is 2.72. The van der Waals surface area contributed by atoms with Crippen LogP contribution in [0.25, 0.3) is 0 Å². The van der Waals surface area contributed by atoms with Gasteiger partial charge in [-0.3, -0.25) is 4.79 Å². The molecule has 2 aliphatic heterocycles. The Kier molecular flexibility index (Phi) is 1.07. The molecule has 5 nitrogen and oxygen atoms in total. The molecular formula is C18H21NO4. The standard InChI is InChI=1S/C18H21NO4/c1-19-8-7-17-14-10-3-4-12(22-2)15(14)23-16(17)11(20)5-6-18(17,21)13(19)9-10/h3-4,13,16,21H,5-9H2,1-2H3/t13-,16?,17+,18-/m1/s1/i1D3,2D3,3D,4D,5D2,9D2,16D. The Morgan fingerprint density at radius 2 is 2.52 bits per heavy atom. The van der Waals surface area contributed by atoms with Crippen molar-refractivity contribution < 1.29 is 37.2 Å². The fourth-order valence-electron chi connectivity index (χ4n) is 4.35. The first-order valence-electron chi connectivity index (χ1n) is 13.7. The van der Waals surface area contributed by atoms with Gasteiger partial charge in [-0.2, -0.15) is 0 Å². The summed E-state index contributed by atoms with van der Waals surface area (Å²) in [6.45, 7) is -3.46. The van der Waals surface area contributed by atoms with Crippen LogP contribution in [0, 0.1) is 0 Å². The average molecular weight is 328 g/mol. The maximum Gasteiger partial charge on any atom is 0.174 e. The number of Topliss-reactive ketones (excluding diaryl/α,β-unsaturated/α-hetero) is 1. The Labute approximate surface area is 153 Å². The van der Waals surface area contributed by atoms with Crippen LogP contribution >= 0.6 is 0 Å². The number of likely N-dealkylation sites (N-methyl/N-ethyl adjacent to an activating group) is 1. The number of carbonyl (C=O) groups is 1. The highest BCUT2D eigenvalue weighted by Crippen LogP contribution is 2.64. The Morgan fingerprint density at radius 1 is 1.61 bits per heavy atom. The predicted octanol–water partition coefficient (Wildman–Crippen LogP) is 1.05. The van der Waals surface area contributed by atoms with E-state index in [0.717, 1.165) is 0 Å². The van der Waals surface area contributed by atoms with Crippen LogP contribution in [-0.2, 0) is 16.6 Å². The van der Waals surface area contributed by atoms with Gasteiger partial charge in [0.05, 0.1) is 26.3 Å². The number of piperidine rings is 1. The first-order chi connectivity index (χ1) is 16.1. The number of methoxy groups -OCH3 is 1. The van der Waals surface area contributed by atoms with Crippen molar-refractivity contribution in [2.24, 2.45) is 0 Å². The van der Waals surface area contributed by atoms with Crippen molar-refractivity contribution in [3.05, 3.63) is 23.2 Å². The van der Waals surface area contributed by atoms with Crippen molar-refractivity contribution >= 4 is 5.78 Å². The molecule has 0 aromatic heterocycles. The number of hydrogen-bond acceptors (Lipinski definition) is 5. The van der Waals surface area contributed by atoms with Gasteiger partial charge in [0.1, 0.15) is 0 Å². The van der Waals surface area contributed by atoms with E-state index in [1.165, 1.54) is 0 Å². The van der Waals surface area contributed by atoms with Gasteiger partial charge in [-0.1, -0.05) is 6.04 Å². The van der Waals surface area contributed by atoms with E-state index in [2.05, 4.69) is 0 Å². The molecule has 1 aromatic carbocycles. The second kappa shape index (κ2) is 4.08. The third kappa shape index (κ3) is 1.32. The summed E-state index contributed by atoms with van der Waals surface area (Å²) < 4.78 is 117. The zero-order chi connectivity index (χ0) is 27.2. The van der Waals surface area contributed by atoms with Crippen molar-refractivity contribution in [3.8, 4) is 11.5 Å². The lowest BCUT2D eigenvalue weighted by Gasteiger charge is -2.62. The minimum absolute atomic E-state index is 0.435. The van der Waals surface area contributed by atoms with Crippen LogP contribution in [0.15, 0.2) is 12.1 Å². The van der Waals surface area contributed by atoms with E-state index in [1.807, 2.05) is 0 Å². The lowest BCUT2D eigenvalue weighted by molar-refractivity contribution is -0.185. The fraction of sp³-hybridized carbons (Fsp3) is 0.611. The molecule has 1 aromatic rings. The number of ketones is 1. The molecule has 122 valence electrons. The van der Waals surface area contributed by atoms with E-state index in [1.54, 1.807) is 0 Å². The van der Waals surface area contributed by atoms with Gasteiger partial charge in [-0.05, 0) is 44.3 Å². The molecule has 1 saturated heterocycles. The summed E-state index contributed by atoms with van der Waals surface area (Å²) in [4.78, 5) is 14.0. The Bertz CT molecular complexity index is 1210. The summed E-state index contributed by atoms with van der Waals surface area (Å²) in [5.41, 5.74) is -6.07. The third-order valence-corrected chi connectivity index (χ3v) is 5.34.